The zero-order valence-corrected chi connectivity index (χ0v) is 12.7. The summed E-state index contributed by atoms with van der Waals surface area (Å²) in [5.74, 6) is -0.791. The summed E-state index contributed by atoms with van der Waals surface area (Å²) >= 11 is 5.73. The monoisotopic (exact) mass is 298 g/mol. The summed E-state index contributed by atoms with van der Waals surface area (Å²) in [6, 6.07) is 3.44. The number of benzene rings is 1. The van der Waals surface area contributed by atoms with Gasteiger partial charge >= 0.3 is 0 Å². The quantitative estimate of drug-likeness (QED) is 0.799. The van der Waals surface area contributed by atoms with Gasteiger partial charge < -0.3 is 15.7 Å². The third kappa shape index (κ3) is 4.74. The number of carbonyl (C=O) groups is 2. The van der Waals surface area contributed by atoms with Crippen LogP contribution in [0.4, 0.5) is 0 Å². The van der Waals surface area contributed by atoms with Gasteiger partial charge in [-0.15, -0.1) is 0 Å². The van der Waals surface area contributed by atoms with E-state index in [1.807, 2.05) is 20.8 Å². The number of carbonyl (C=O) groups excluding carboxylic acids is 2. The molecule has 1 rings (SSSR count). The second-order valence-electron chi connectivity index (χ2n) is 5.60. The first-order valence-electron chi connectivity index (χ1n) is 6.21. The SMILES string of the molecule is CC(NC(=O)c1ccc(O)c(Cl)c1)C(=O)NC(C)(C)C. The van der Waals surface area contributed by atoms with Crippen molar-refractivity contribution in [2.24, 2.45) is 0 Å². The van der Waals surface area contributed by atoms with Crippen LogP contribution in [0, 0.1) is 0 Å². The number of amides is 2. The zero-order chi connectivity index (χ0) is 15.5. The van der Waals surface area contributed by atoms with Gasteiger partial charge in [0.15, 0.2) is 0 Å². The van der Waals surface area contributed by atoms with E-state index >= 15 is 0 Å². The van der Waals surface area contributed by atoms with Crippen LogP contribution in [-0.4, -0.2) is 28.5 Å². The highest BCUT2D eigenvalue weighted by molar-refractivity contribution is 6.32. The van der Waals surface area contributed by atoms with Crippen molar-refractivity contribution in [1.29, 1.82) is 0 Å². The highest BCUT2D eigenvalue weighted by Gasteiger charge is 2.21. The molecule has 1 atom stereocenters. The van der Waals surface area contributed by atoms with Crippen molar-refractivity contribution in [3.8, 4) is 5.75 Å². The molecule has 3 N–H and O–H groups in total. The molecule has 110 valence electrons. The molecule has 6 heteroatoms. The summed E-state index contributed by atoms with van der Waals surface area (Å²) in [5, 5.41) is 14.7. The van der Waals surface area contributed by atoms with E-state index in [1.165, 1.54) is 18.2 Å². The highest BCUT2D eigenvalue weighted by Crippen LogP contribution is 2.23. The Bertz CT molecular complexity index is 524. The van der Waals surface area contributed by atoms with Gasteiger partial charge in [0.25, 0.3) is 5.91 Å². The summed E-state index contributed by atoms with van der Waals surface area (Å²) in [7, 11) is 0. The van der Waals surface area contributed by atoms with Crippen LogP contribution in [0.1, 0.15) is 38.1 Å². The fraction of sp³-hybridized carbons (Fsp3) is 0.429. The molecular formula is C14H19ClN2O3. The summed E-state index contributed by atoms with van der Waals surface area (Å²) in [5.41, 5.74) is -0.0824. The van der Waals surface area contributed by atoms with Crippen molar-refractivity contribution in [3.63, 3.8) is 0 Å². The number of aromatic hydroxyl groups is 1. The van der Waals surface area contributed by atoms with Gasteiger partial charge in [0.05, 0.1) is 5.02 Å². The van der Waals surface area contributed by atoms with Crippen molar-refractivity contribution in [3.05, 3.63) is 28.8 Å². The van der Waals surface area contributed by atoms with Gasteiger partial charge in [0, 0.05) is 11.1 Å². The van der Waals surface area contributed by atoms with Gasteiger partial charge in [0.1, 0.15) is 11.8 Å². The minimum Gasteiger partial charge on any atom is -0.506 e. The average molecular weight is 299 g/mol. The van der Waals surface area contributed by atoms with Crippen LogP contribution >= 0.6 is 11.6 Å². The smallest absolute Gasteiger partial charge is 0.251 e. The molecule has 1 aromatic rings. The Morgan fingerprint density at radius 3 is 2.40 bits per heavy atom. The van der Waals surface area contributed by atoms with Gasteiger partial charge in [-0.05, 0) is 45.9 Å². The van der Waals surface area contributed by atoms with E-state index in [1.54, 1.807) is 6.92 Å². The second kappa shape index (κ2) is 6.13. The molecule has 0 spiro atoms. The number of halogens is 1. The summed E-state index contributed by atoms with van der Waals surface area (Å²) in [6.45, 7) is 7.18. The van der Waals surface area contributed by atoms with Gasteiger partial charge in [0.2, 0.25) is 5.91 Å². The molecule has 1 unspecified atom stereocenters. The maximum atomic E-state index is 12.0. The molecule has 0 aromatic heterocycles. The van der Waals surface area contributed by atoms with Crippen LogP contribution in [0.3, 0.4) is 0 Å². The Labute approximate surface area is 123 Å². The summed E-state index contributed by atoms with van der Waals surface area (Å²) < 4.78 is 0. The number of hydrogen-bond acceptors (Lipinski definition) is 3. The Hall–Kier alpha value is -1.75. The molecule has 0 aliphatic carbocycles. The molecule has 20 heavy (non-hydrogen) atoms. The lowest BCUT2D eigenvalue weighted by atomic mass is 10.1. The highest BCUT2D eigenvalue weighted by atomic mass is 35.5. The Kier molecular flexibility index (Phi) is 5.00. The molecule has 0 aliphatic rings. The van der Waals surface area contributed by atoms with Crippen LogP contribution < -0.4 is 10.6 Å². The molecule has 0 radical (unpaired) electrons. The predicted molar refractivity (Wildman–Crippen MR) is 77.9 cm³/mol. The van der Waals surface area contributed by atoms with E-state index in [0.29, 0.717) is 0 Å². The van der Waals surface area contributed by atoms with Crippen LogP contribution in [0.25, 0.3) is 0 Å². The summed E-state index contributed by atoms with van der Waals surface area (Å²) in [6.07, 6.45) is 0. The maximum Gasteiger partial charge on any atom is 0.251 e. The first kappa shape index (κ1) is 16.3. The second-order valence-corrected chi connectivity index (χ2v) is 6.01. The minimum absolute atomic E-state index is 0.0875. The van der Waals surface area contributed by atoms with Crippen LogP contribution in [0.15, 0.2) is 18.2 Å². The van der Waals surface area contributed by atoms with Crippen molar-refractivity contribution in [2.45, 2.75) is 39.3 Å². The molecule has 5 nitrogen and oxygen atoms in total. The van der Waals surface area contributed by atoms with E-state index < -0.39 is 11.9 Å². The van der Waals surface area contributed by atoms with Gasteiger partial charge in [-0.25, -0.2) is 0 Å². The zero-order valence-electron chi connectivity index (χ0n) is 12.0. The van der Waals surface area contributed by atoms with E-state index in [9.17, 15) is 14.7 Å². The van der Waals surface area contributed by atoms with Crippen molar-refractivity contribution in [2.75, 3.05) is 0 Å². The third-order valence-corrected chi connectivity index (χ3v) is 2.75. The summed E-state index contributed by atoms with van der Waals surface area (Å²) in [4.78, 5) is 23.8. The lowest BCUT2D eigenvalue weighted by Crippen LogP contribution is -2.50. The number of phenolic OH excluding ortho intramolecular Hbond substituents is 1. The lowest BCUT2D eigenvalue weighted by Gasteiger charge is -2.23. The van der Waals surface area contributed by atoms with E-state index in [4.69, 9.17) is 11.6 Å². The van der Waals surface area contributed by atoms with Gasteiger partial charge in [-0.2, -0.15) is 0 Å². The lowest BCUT2D eigenvalue weighted by molar-refractivity contribution is -0.124. The van der Waals surface area contributed by atoms with Crippen LogP contribution in [-0.2, 0) is 4.79 Å². The normalized spacial score (nSPS) is 12.7. The third-order valence-electron chi connectivity index (χ3n) is 2.45. The topological polar surface area (TPSA) is 78.4 Å². The molecule has 2 amide bonds. The maximum absolute atomic E-state index is 12.0. The Balaban J connectivity index is 2.70. The van der Waals surface area contributed by atoms with E-state index in [0.717, 1.165) is 0 Å². The molecule has 1 aromatic carbocycles. The first-order chi connectivity index (χ1) is 9.10. The van der Waals surface area contributed by atoms with E-state index in [2.05, 4.69) is 10.6 Å². The molecular weight excluding hydrogens is 280 g/mol. The van der Waals surface area contributed by atoms with Crippen molar-refractivity contribution >= 4 is 23.4 Å². The average Bonchev–Trinajstić information content (AvgIpc) is 2.30. The molecule has 0 fully saturated rings. The fourth-order valence-corrected chi connectivity index (χ4v) is 1.65. The number of rotatable bonds is 3. The van der Waals surface area contributed by atoms with Crippen molar-refractivity contribution in [1.82, 2.24) is 10.6 Å². The molecule has 0 aliphatic heterocycles. The number of phenols is 1. The van der Waals surface area contributed by atoms with Crippen LogP contribution in [0.5, 0.6) is 5.75 Å². The number of nitrogens with one attached hydrogen (secondary N) is 2. The van der Waals surface area contributed by atoms with E-state index in [-0.39, 0.29) is 27.8 Å². The largest absolute Gasteiger partial charge is 0.506 e. The molecule has 0 heterocycles. The number of hydrogen-bond donors (Lipinski definition) is 3. The minimum atomic E-state index is -0.672. The Morgan fingerprint density at radius 1 is 1.30 bits per heavy atom. The molecule has 0 bridgehead atoms. The Morgan fingerprint density at radius 2 is 1.90 bits per heavy atom. The van der Waals surface area contributed by atoms with Crippen molar-refractivity contribution < 1.29 is 14.7 Å². The molecule has 0 saturated heterocycles. The fourth-order valence-electron chi connectivity index (χ4n) is 1.47. The van der Waals surface area contributed by atoms with Crippen LogP contribution in [0.2, 0.25) is 5.02 Å². The molecule has 0 saturated carbocycles. The van der Waals surface area contributed by atoms with Gasteiger partial charge in [-0.1, -0.05) is 11.6 Å². The van der Waals surface area contributed by atoms with Gasteiger partial charge in [-0.3, -0.25) is 9.59 Å². The first-order valence-corrected chi connectivity index (χ1v) is 6.59. The predicted octanol–water partition coefficient (Wildman–Crippen LogP) is 2.08. The standard InChI is InChI=1S/C14H19ClN2O3/c1-8(12(19)17-14(2,3)4)16-13(20)9-5-6-11(18)10(15)7-9/h5-8,18H,1-4H3,(H,16,20)(H,17,19).